The van der Waals surface area contributed by atoms with Crippen molar-refractivity contribution >= 4 is 11.8 Å². The molecule has 0 radical (unpaired) electrons. The molecular formula is ClNOPd. The quantitative estimate of drug-likeness (QED) is 0.394. The number of nitroso groups, excluding NO2 is 1. The van der Waals surface area contributed by atoms with E-state index in [1.54, 1.807) is 4.70 Å². The van der Waals surface area contributed by atoms with Crippen LogP contribution in [0, 0.1) is 4.91 Å². The topological polar surface area (TPSA) is 29.4 Å². The largest absolute Gasteiger partial charge is 0.131 e. The average Bonchev–Trinajstić information content (AvgIpc) is 0.918. The van der Waals surface area contributed by atoms with Crippen molar-refractivity contribution in [2.24, 2.45) is 4.70 Å². The second kappa shape index (κ2) is 9.60. The Morgan fingerprint density at radius 3 is 1.75 bits per heavy atom. The summed E-state index contributed by atoms with van der Waals surface area (Å²) >= 11 is 4.07. The van der Waals surface area contributed by atoms with Gasteiger partial charge in [0.15, 0.2) is 0 Å². The molecule has 0 atom stereocenters. The predicted molar refractivity (Wildman–Crippen MR) is 11.6 cm³/mol. The molecule has 0 rings (SSSR count). The van der Waals surface area contributed by atoms with E-state index in [2.05, 4.69) is 11.8 Å². The Labute approximate surface area is 42.3 Å². The molecule has 0 aromatic carbocycles. The first-order valence-corrected chi connectivity index (χ1v) is 0.690. The Morgan fingerprint density at radius 2 is 1.75 bits per heavy atom. The third-order valence-electron chi connectivity index (χ3n) is 0. The third kappa shape index (κ3) is 20.2. The minimum Gasteiger partial charge on any atom is -0.131 e. The molecule has 0 aliphatic heterocycles. The van der Waals surface area contributed by atoms with Gasteiger partial charge in [0.25, 0.3) is 0 Å². The maximum Gasteiger partial charge on any atom is 0.0835 e. The maximum absolute atomic E-state index is 8.32. The summed E-state index contributed by atoms with van der Waals surface area (Å²) in [5, 5.41) is 0. The van der Waals surface area contributed by atoms with Crippen molar-refractivity contribution in [3.05, 3.63) is 4.91 Å². The van der Waals surface area contributed by atoms with Crippen LogP contribution in [0.5, 0.6) is 0 Å². The molecule has 0 bridgehead atoms. The molecular weight excluding hydrogens is 172 g/mol. The van der Waals surface area contributed by atoms with Crippen LogP contribution >= 0.6 is 11.8 Å². The van der Waals surface area contributed by atoms with Crippen LogP contribution in [0.1, 0.15) is 0 Å². The van der Waals surface area contributed by atoms with E-state index in [-0.39, 0.29) is 20.4 Å². The Kier molecular flexibility index (Phi) is 21.2. The maximum atomic E-state index is 8.32. The zero-order chi connectivity index (χ0) is 2.71. The summed E-state index contributed by atoms with van der Waals surface area (Å²) in [6, 6.07) is 0. The zero-order valence-electron chi connectivity index (χ0n) is 1.55. The van der Waals surface area contributed by atoms with Gasteiger partial charge in [0.2, 0.25) is 0 Å². The molecule has 0 aromatic rings. The number of halogens is 1. The van der Waals surface area contributed by atoms with Crippen LogP contribution in [-0.4, -0.2) is 0 Å². The van der Waals surface area contributed by atoms with Crippen LogP contribution in [0.4, 0.5) is 0 Å². The summed E-state index contributed by atoms with van der Waals surface area (Å²) in [6.45, 7) is 0. The fourth-order valence-corrected chi connectivity index (χ4v) is 0. The summed E-state index contributed by atoms with van der Waals surface area (Å²) in [5.41, 5.74) is 0. The smallest absolute Gasteiger partial charge is 0.0835 e. The van der Waals surface area contributed by atoms with Gasteiger partial charge in [-0.15, -0.1) is 4.91 Å². The molecule has 4 heavy (non-hydrogen) atoms. The van der Waals surface area contributed by atoms with Crippen LogP contribution in [0.3, 0.4) is 0 Å². The number of hydrogen-bond donors (Lipinski definition) is 0. The molecule has 28 valence electrons. The van der Waals surface area contributed by atoms with Gasteiger partial charge in [0.1, 0.15) is 0 Å². The summed E-state index contributed by atoms with van der Waals surface area (Å²) in [4.78, 5) is 8.32. The second-order valence-electron chi connectivity index (χ2n) is 0.0690. The fourth-order valence-electron chi connectivity index (χ4n) is 0. The van der Waals surface area contributed by atoms with E-state index < -0.39 is 0 Å². The van der Waals surface area contributed by atoms with Crippen molar-refractivity contribution < 1.29 is 20.4 Å². The molecule has 0 spiro atoms. The van der Waals surface area contributed by atoms with Gasteiger partial charge in [-0.2, -0.15) is 0 Å². The van der Waals surface area contributed by atoms with E-state index >= 15 is 0 Å². The first-order chi connectivity index (χ1) is 1.41. The van der Waals surface area contributed by atoms with Crippen molar-refractivity contribution in [3.63, 3.8) is 0 Å². The van der Waals surface area contributed by atoms with Gasteiger partial charge >= 0.3 is 0 Å². The van der Waals surface area contributed by atoms with Gasteiger partial charge < -0.3 is 0 Å². The number of hydrogen-bond acceptors (Lipinski definition) is 2. The van der Waals surface area contributed by atoms with Gasteiger partial charge in [0.05, 0.1) is 11.8 Å². The molecule has 0 aliphatic carbocycles. The minimum atomic E-state index is 0. The standard InChI is InChI=1S/ClNO.Pd/c1-2-3;. The van der Waals surface area contributed by atoms with Gasteiger partial charge in [0, 0.05) is 25.1 Å². The van der Waals surface area contributed by atoms with Crippen molar-refractivity contribution in [2.45, 2.75) is 0 Å². The molecule has 0 aliphatic rings. The van der Waals surface area contributed by atoms with Gasteiger partial charge in [-0.1, -0.05) is 0 Å². The van der Waals surface area contributed by atoms with E-state index in [9.17, 15) is 0 Å². The van der Waals surface area contributed by atoms with Crippen LogP contribution in [0.15, 0.2) is 4.70 Å². The molecule has 0 aromatic heterocycles. The van der Waals surface area contributed by atoms with Crippen LogP contribution in [0.25, 0.3) is 0 Å². The Balaban J connectivity index is 0. The van der Waals surface area contributed by atoms with Crippen LogP contribution < -0.4 is 0 Å². The summed E-state index contributed by atoms with van der Waals surface area (Å²) in [5.74, 6) is 0. The van der Waals surface area contributed by atoms with E-state index in [0.29, 0.717) is 0 Å². The van der Waals surface area contributed by atoms with Crippen molar-refractivity contribution in [2.75, 3.05) is 0 Å². The Bertz CT molecular complexity index is 15.5. The van der Waals surface area contributed by atoms with E-state index in [0.717, 1.165) is 0 Å². The van der Waals surface area contributed by atoms with Crippen molar-refractivity contribution in [1.82, 2.24) is 0 Å². The molecule has 0 unspecified atom stereocenters. The molecule has 0 saturated carbocycles. The first kappa shape index (κ1) is 8.82. The molecule has 2 nitrogen and oxygen atoms in total. The summed E-state index contributed by atoms with van der Waals surface area (Å²) in [6.07, 6.45) is 0. The fraction of sp³-hybridized carbons (Fsp3) is 0. The van der Waals surface area contributed by atoms with E-state index in [1.807, 2.05) is 0 Å². The Morgan fingerprint density at radius 1 is 1.75 bits per heavy atom. The summed E-state index contributed by atoms with van der Waals surface area (Å²) < 4.78 is 1.72. The molecule has 0 heterocycles. The van der Waals surface area contributed by atoms with E-state index in [4.69, 9.17) is 4.91 Å². The first-order valence-electron chi connectivity index (χ1n) is 0.352. The normalized spacial score (nSPS) is 3.25. The molecule has 0 amide bonds. The Hall–Kier alpha value is 0.552. The molecule has 0 N–H and O–H groups in total. The summed E-state index contributed by atoms with van der Waals surface area (Å²) in [7, 11) is 0. The van der Waals surface area contributed by atoms with Gasteiger partial charge in [-0.25, -0.2) is 0 Å². The minimum absolute atomic E-state index is 0. The monoisotopic (exact) mass is 171 g/mol. The predicted octanol–water partition coefficient (Wildman–Crippen LogP) is 0.904. The van der Waals surface area contributed by atoms with Crippen LogP contribution in [-0.2, 0) is 20.4 Å². The van der Waals surface area contributed by atoms with Crippen LogP contribution in [0.2, 0.25) is 0 Å². The number of rotatable bonds is 0. The van der Waals surface area contributed by atoms with Gasteiger partial charge in [-0.3, -0.25) is 0 Å². The molecule has 0 fully saturated rings. The van der Waals surface area contributed by atoms with E-state index in [1.165, 1.54) is 0 Å². The number of nitrogens with zero attached hydrogens (tertiary/aromatic N) is 1. The van der Waals surface area contributed by atoms with Crippen molar-refractivity contribution in [1.29, 1.82) is 0 Å². The zero-order valence-corrected chi connectivity index (χ0v) is 3.86. The third-order valence-corrected chi connectivity index (χ3v) is 0. The molecule has 0 saturated heterocycles. The van der Waals surface area contributed by atoms with Crippen molar-refractivity contribution in [3.8, 4) is 0 Å². The second-order valence-corrected chi connectivity index (χ2v) is 0.207. The SMILES string of the molecule is O=NCl.[Pd]. The average molecular weight is 172 g/mol. The van der Waals surface area contributed by atoms with Gasteiger partial charge in [-0.05, 0) is 0 Å². The molecule has 4 heteroatoms.